The van der Waals surface area contributed by atoms with E-state index in [0.717, 1.165) is 0 Å². The van der Waals surface area contributed by atoms with Crippen molar-refractivity contribution in [2.24, 2.45) is 0 Å². The first kappa shape index (κ1) is 12.6. The summed E-state index contributed by atoms with van der Waals surface area (Å²) in [5.74, 6) is 0.0744. The van der Waals surface area contributed by atoms with Crippen LogP contribution in [0.5, 0.6) is 0 Å². The zero-order valence-corrected chi connectivity index (χ0v) is 10.3. The van der Waals surface area contributed by atoms with Crippen molar-refractivity contribution in [3.63, 3.8) is 0 Å². The molecular weight excluding hydrogens is 202 g/mol. The first-order chi connectivity index (χ1) is 7.51. The van der Waals surface area contributed by atoms with E-state index in [1.807, 2.05) is 13.8 Å². The van der Waals surface area contributed by atoms with Gasteiger partial charge >= 0.3 is 0 Å². The molecule has 0 atom stereocenters. The third-order valence-corrected chi connectivity index (χ3v) is 2.65. The molecule has 3 nitrogen and oxygen atoms in total. The number of Topliss-reactive ketones (excluding diaryl/α,β-unsaturated/α-hetero) is 2. The van der Waals surface area contributed by atoms with Gasteiger partial charge in [0.25, 0.3) is 0 Å². The summed E-state index contributed by atoms with van der Waals surface area (Å²) in [6, 6.07) is 1.69. The summed E-state index contributed by atoms with van der Waals surface area (Å²) in [7, 11) is 0. The Hall–Kier alpha value is -1.51. The second kappa shape index (κ2) is 5.01. The molecule has 1 heterocycles. The van der Waals surface area contributed by atoms with Crippen LogP contribution >= 0.6 is 0 Å². The molecule has 0 amide bonds. The molecule has 0 N–H and O–H groups in total. The number of rotatable bonds is 4. The second-order valence-electron chi connectivity index (χ2n) is 3.81. The molecule has 1 aromatic heterocycles. The molecule has 86 valence electrons. The smallest absolute Gasteiger partial charge is 0.164 e. The molecule has 0 radical (unpaired) electrons. The van der Waals surface area contributed by atoms with Crippen LogP contribution in [-0.4, -0.2) is 16.6 Å². The minimum atomic E-state index is 0.0372. The van der Waals surface area contributed by atoms with Crippen molar-refractivity contribution in [2.45, 2.75) is 40.5 Å². The van der Waals surface area contributed by atoms with Crippen molar-refractivity contribution in [1.82, 2.24) is 4.98 Å². The Morgan fingerprint density at radius 1 is 1.00 bits per heavy atom. The molecule has 0 aromatic carbocycles. The average Bonchev–Trinajstić information content (AvgIpc) is 2.27. The van der Waals surface area contributed by atoms with Crippen LogP contribution in [0.3, 0.4) is 0 Å². The van der Waals surface area contributed by atoms with Gasteiger partial charge in [-0.1, -0.05) is 13.8 Å². The Balaban J connectivity index is 3.32. The summed E-state index contributed by atoms with van der Waals surface area (Å²) in [4.78, 5) is 27.6. The van der Waals surface area contributed by atoms with Crippen LogP contribution in [0.25, 0.3) is 0 Å². The zero-order valence-electron chi connectivity index (χ0n) is 10.3. The van der Waals surface area contributed by atoms with Gasteiger partial charge in [0.05, 0.1) is 0 Å². The van der Waals surface area contributed by atoms with Crippen LogP contribution in [0.4, 0.5) is 0 Å². The quantitative estimate of drug-likeness (QED) is 0.731. The number of aryl methyl sites for hydroxylation is 2. The third kappa shape index (κ3) is 2.35. The van der Waals surface area contributed by atoms with Crippen LogP contribution in [-0.2, 0) is 0 Å². The maximum Gasteiger partial charge on any atom is 0.164 e. The van der Waals surface area contributed by atoms with Crippen molar-refractivity contribution in [3.8, 4) is 0 Å². The molecule has 16 heavy (non-hydrogen) atoms. The number of carbonyl (C=O) groups excluding carboxylic acids is 2. The highest BCUT2D eigenvalue weighted by Crippen LogP contribution is 2.16. The van der Waals surface area contributed by atoms with Gasteiger partial charge in [-0.15, -0.1) is 0 Å². The van der Waals surface area contributed by atoms with Gasteiger partial charge in [0, 0.05) is 35.4 Å². The highest BCUT2D eigenvalue weighted by molar-refractivity contribution is 6.02. The van der Waals surface area contributed by atoms with Gasteiger partial charge in [-0.25, -0.2) is 0 Å². The molecule has 0 spiro atoms. The Kier molecular flexibility index (Phi) is 3.93. The minimum Gasteiger partial charge on any atom is -0.294 e. The fraction of sp³-hybridized carbons (Fsp3) is 0.462. The number of hydrogen-bond acceptors (Lipinski definition) is 3. The minimum absolute atomic E-state index is 0.0372. The number of aromatic nitrogens is 1. The predicted octanol–water partition coefficient (Wildman–Crippen LogP) is 2.88. The van der Waals surface area contributed by atoms with E-state index in [1.165, 1.54) is 0 Å². The number of ketones is 2. The van der Waals surface area contributed by atoms with Crippen LogP contribution in [0, 0.1) is 13.8 Å². The maximum absolute atomic E-state index is 11.7. The Labute approximate surface area is 95.9 Å². The van der Waals surface area contributed by atoms with Crippen LogP contribution in [0.1, 0.15) is 58.8 Å². The topological polar surface area (TPSA) is 47.0 Å². The van der Waals surface area contributed by atoms with E-state index in [9.17, 15) is 9.59 Å². The van der Waals surface area contributed by atoms with Gasteiger partial charge in [-0.2, -0.15) is 0 Å². The highest BCUT2D eigenvalue weighted by Gasteiger charge is 2.15. The molecule has 0 saturated heterocycles. The number of nitrogens with zero attached hydrogens (tertiary/aromatic N) is 1. The number of hydrogen-bond donors (Lipinski definition) is 0. The fourth-order valence-electron chi connectivity index (χ4n) is 1.67. The molecule has 0 unspecified atom stereocenters. The lowest BCUT2D eigenvalue weighted by atomic mass is 10.00. The summed E-state index contributed by atoms with van der Waals surface area (Å²) >= 11 is 0. The summed E-state index contributed by atoms with van der Waals surface area (Å²) in [5, 5.41) is 0. The predicted molar refractivity (Wildman–Crippen MR) is 63.0 cm³/mol. The second-order valence-corrected chi connectivity index (χ2v) is 3.81. The molecule has 0 fully saturated rings. The van der Waals surface area contributed by atoms with E-state index < -0.39 is 0 Å². The van der Waals surface area contributed by atoms with Crippen LogP contribution in [0.2, 0.25) is 0 Å². The Morgan fingerprint density at radius 2 is 1.38 bits per heavy atom. The average molecular weight is 219 g/mol. The Morgan fingerprint density at radius 3 is 1.69 bits per heavy atom. The molecule has 0 bridgehead atoms. The van der Waals surface area contributed by atoms with E-state index in [2.05, 4.69) is 4.98 Å². The van der Waals surface area contributed by atoms with Gasteiger partial charge in [0.15, 0.2) is 11.6 Å². The van der Waals surface area contributed by atoms with Gasteiger partial charge in [0.1, 0.15) is 0 Å². The maximum atomic E-state index is 11.7. The van der Waals surface area contributed by atoms with Crippen molar-refractivity contribution >= 4 is 11.6 Å². The summed E-state index contributed by atoms with van der Waals surface area (Å²) < 4.78 is 0. The Bertz CT molecular complexity index is 399. The van der Waals surface area contributed by atoms with Crippen LogP contribution < -0.4 is 0 Å². The standard InChI is InChI=1S/C13H17NO2/c1-5-12(15)10-7-11(13(16)6-2)9(4)14-8(10)3/h7H,5-6H2,1-4H3. The van der Waals surface area contributed by atoms with Gasteiger partial charge in [0.2, 0.25) is 0 Å². The van der Waals surface area contributed by atoms with Gasteiger partial charge < -0.3 is 0 Å². The van der Waals surface area contributed by atoms with E-state index in [-0.39, 0.29) is 11.6 Å². The van der Waals surface area contributed by atoms with Crippen molar-refractivity contribution in [3.05, 3.63) is 28.6 Å². The first-order valence-electron chi connectivity index (χ1n) is 5.55. The lowest BCUT2D eigenvalue weighted by Crippen LogP contribution is -2.09. The van der Waals surface area contributed by atoms with E-state index in [1.54, 1.807) is 19.9 Å². The molecule has 1 rings (SSSR count). The SMILES string of the molecule is CCC(=O)c1cc(C(=O)CC)c(C)nc1C. The molecular formula is C13H17NO2. The monoisotopic (exact) mass is 219 g/mol. The molecule has 0 aliphatic heterocycles. The summed E-state index contributed by atoms with van der Waals surface area (Å²) in [6.07, 6.45) is 0.872. The fourth-order valence-corrected chi connectivity index (χ4v) is 1.67. The highest BCUT2D eigenvalue weighted by atomic mass is 16.1. The van der Waals surface area contributed by atoms with Crippen LogP contribution in [0.15, 0.2) is 6.07 Å². The van der Waals surface area contributed by atoms with Gasteiger partial charge in [-0.05, 0) is 19.9 Å². The summed E-state index contributed by atoms with van der Waals surface area (Å²) in [6.45, 7) is 7.22. The summed E-state index contributed by atoms with van der Waals surface area (Å²) in [5.41, 5.74) is 2.56. The van der Waals surface area contributed by atoms with E-state index in [0.29, 0.717) is 35.4 Å². The largest absolute Gasteiger partial charge is 0.294 e. The molecule has 0 aliphatic rings. The number of pyridine rings is 1. The lowest BCUT2D eigenvalue weighted by Gasteiger charge is -2.08. The molecule has 0 saturated carbocycles. The van der Waals surface area contributed by atoms with Crippen molar-refractivity contribution in [1.29, 1.82) is 0 Å². The van der Waals surface area contributed by atoms with E-state index >= 15 is 0 Å². The normalized spacial score (nSPS) is 10.2. The zero-order chi connectivity index (χ0) is 12.3. The lowest BCUT2D eigenvalue weighted by molar-refractivity contribution is 0.0987. The van der Waals surface area contributed by atoms with Crippen molar-refractivity contribution in [2.75, 3.05) is 0 Å². The third-order valence-electron chi connectivity index (χ3n) is 2.65. The number of carbonyl (C=O) groups is 2. The molecule has 0 aliphatic carbocycles. The van der Waals surface area contributed by atoms with Gasteiger partial charge in [-0.3, -0.25) is 14.6 Å². The molecule has 3 heteroatoms. The first-order valence-corrected chi connectivity index (χ1v) is 5.55. The van der Waals surface area contributed by atoms with E-state index in [4.69, 9.17) is 0 Å². The van der Waals surface area contributed by atoms with Crippen molar-refractivity contribution < 1.29 is 9.59 Å². The molecule has 1 aromatic rings.